The van der Waals surface area contributed by atoms with E-state index in [1.165, 1.54) is 0 Å². The molecule has 0 bridgehead atoms. The van der Waals surface area contributed by atoms with Crippen molar-refractivity contribution in [3.05, 3.63) is 47.6 Å². The highest BCUT2D eigenvalue weighted by Crippen LogP contribution is 2.22. The molecule has 3 rings (SSSR count). The molecule has 1 aromatic carbocycles. The topological polar surface area (TPSA) is 77.4 Å². The summed E-state index contributed by atoms with van der Waals surface area (Å²) in [6, 6.07) is 9.30. The Kier molecular flexibility index (Phi) is 3.77. The van der Waals surface area contributed by atoms with Crippen LogP contribution in [0.25, 0.3) is 0 Å². The molecule has 2 aromatic rings. The first-order chi connectivity index (χ1) is 9.74. The zero-order valence-corrected chi connectivity index (χ0v) is 11.4. The molecule has 1 fully saturated rings. The fourth-order valence-corrected chi connectivity index (χ4v) is 2.24. The van der Waals surface area contributed by atoms with Crippen LogP contribution in [0.4, 0.5) is 0 Å². The second-order valence-corrected chi connectivity index (χ2v) is 5.00. The van der Waals surface area contributed by atoms with Crippen molar-refractivity contribution >= 4 is 0 Å². The Hall–Kier alpha value is -1.76. The Balaban J connectivity index is 1.76. The molecule has 0 amide bonds. The predicted octanol–water partition coefficient (Wildman–Crippen LogP) is 1.12. The molecule has 20 heavy (non-hydrogen) atoms. The van der Waals surface area contributed by atoms with Crippen LogP contribution in [0.3, 0.4) is 0 Å². The molecule has 6 nitrogen and oxygen atoms in total. The first-order valence-corrected chi connectivity index (χ1v) is 6.68. The Morgan fingerprint density at radius 1 is 1.35 bits per heavy atom. The molecule has 0 saturated carbocycles. The van der Waals surface area contributed by atoms with Crippen LogP contribution in [0.1, 0.15) is 29.4 Å². The predicted molar refractivity (Wildman–Crippen MR) is 73.0 cm³/mol. The van der Waals surface area contributed by atoms with Gasteiger partial charge in [0.2, 0.25) is 11.7 Å². The number of rotatable bonds is 3. The van der Waals surface area contributed by atoms with Crippen molar-refractivity contribution in [3.63, 3.8) is 0 Å². The van der Waals surface area contributed by atoms with Gasteiger partial charge >= 0.3 is 0 Å². The summed E-state index contributed by atoms with van der Waals surface area (Å²) in [7, 11) is 2.05. The molecular formula is C14H18N4O2. The maximum absolute atomic E-state index is 6.14. The van der Waals surface area contributed by atoms with E-state index in [0.29, 0.717) is 18.3 Å². The molecule has 1 aromatic heterocycles. The smallest absolute Gasteiger partial charge is 0.248 e. The van der Waals surface area contributed by atoms with Gasteiger partial charge in [-0.1, -0.05) is 35.5 Å². The van der Waals surface area contributed by atoms with E-state index in [-0.39, 0.29) is 6.10 Å². The van der Waals surface area contributed by atoms with Crippen LogP contribution in [-0.2, 0) is 4.74 Å². The van der Waals surface area contributed by atoms with Crippen LogP contribution in [-0.4, -0.2) is 41.8 Å². The van der Waals surface area contributed by atoms with Crippen LogP contribution in [0.15, 0.2) is 34.9 Å². The zero-order chi connectivity index (χ0) is 13.9. The number of morpholine rings is 1. The molecule has 0 radical (unpaired) electrons. The SMILES string of the molecule is CN1CCOC(c2noc([C@H](N)c3ccccc3)n2)C1. The first kappa shape index (κ1) is 13.2. The van der Waals surface area contributed by atoms with E-state index in [2.05, 4.69) is 15.0 Å². The minimum atomic E-state index is -0.404. The number of nitrogens with two attached hydrogens (primary N) is 1. The zero-order valence-electron chi connectivity index (χ0n) is 11.4. The van der Waals surface area contributed by atoms with Crippen LogP contribution >= 0.6 is 0 Å². The van der Waals surface area contributed by atoms with Crippen molar-refractivity contribution in [2.45, 2.75) is 12.1 Å². The highest BCUT2D eigenvalue weighted by Gasteiger charge is 2.26. The fourth-order valence-electron chi connectivity index (χ4n) is 2.24. The quantitative estimate of drug-likeness (QED) is 0.903. The highest BCUT2D eigenvalue weighted by atomic mass is 16.5. The summed E-state index contributed by atoms with van der Waals surface area (Å²) in [5, 5.41) is 4.00. The number of hydrogen-bond acceptors (Lipinski definition) is 6. The third kappa shape index (κ3) is 2.72. The number of hydrogen-bond donors (Lipinski definition) is 1. The van der Waals surface area contributed by atoms with Gasteiger partial charge in [0.1, 0.15) is 12.1 Å². The standard InChI is InChI=1S/C14H18N4O2/c1-18-7-8-19-11(9-18)13-16-14(20-17-13)12(15)10-5-3-2-4-6-10/h2-6,11-12H,7-9,15H2,1H3/t11?,12-/m1/s1. The lowest BCUT2D eigenvalue weighted by Crippen LogP contribution is -2.35. The average Bonchev–Trinajstić information content (AvgIpc) is 2.97. The summed E-state index contributed by atoms with van der Waals surface area (Å²) < 4.78 is 11.0. The van der Waals surface area contributed by atoms with Crippen molar-refractivity contribution in [3.8, 4) is 0 Å². The molecule has 1 saturated heterocycles. The van der Waals surface area contributed by atoms with Crippen molar-refractivity contribution in [2.75, 3.05) is 26.7 Å². The van der Waals surface area contributed by atoms with E-state index >= 15 is 0 Å². The molecule has 1 aliphatic heterocycles. The van der Waals surface area contributed by atoms with Crippen LogP contribution in [0.2, 0.25) is 0 Å². The Labute approximate surface area is 117 Å². The summed E-state index contributed by atoms with van der Waals surface area (Å²) in [6.45, 7) is 2.36. The summed E-state index contributed by atoms with van der Waals surface area (Å²) >= 11 is 0. The summed E-state index contributed by atoms with van der Waals surface area (Å²) in [5.74, 6) is 0.987. The van der Waals surface area contributed by atoms with Gasteiger partial charge in [-0.05, 0) is 12.6 Å². The van der Waals surface area contributed by atoms with E-state index in [1.54, 1.807) is 0 Å². The monoisotopic (exact) mass is 274 g/mol. The van der Waals surface area contributed by atoms with Gasteiger partial charge in [0.05, 0.1) is 6.61 Å². The van der Waals surface area contributed by atoms with Crippen molar-refractivity contribution in [2.24, 2.45) is 5.73 Å². The van der Waals surface area contributed by atoms with Crippen molar-refractivity contribution < 1.29 is 9.26 Å². The van der Waals surface area contributed by atoms with Gasteiger partial charge in [0.25, 0.3) is 0 Å². The molecule has 2 heterocycles. The largest absolute Gasteiger partial charge is 0.367 e. The van der Waals surface area contributed by atoms with Gasteiger partial charge in [-0.3, -0.25) is 0 Å². The van der Waals surface area contributed by atoms with Gasteiger partial charge in [0, 0.05) is 13.1 Å². The van der Waals surface area contributed by atoms with Gasteiger partial charge in [-0.25, -0.2) is 0 Å². The maximum Gasteiger partial charge on any atom is 0.248 e. The summed E-state index contributed by atoms with van der Waals surface area (Å²) in [6.07, 6.45) is -0.144. The van der Waals surface area contributed by atoms with E-state index in [1.807, 2.05) is 37.4 Å². The van der Waals surface area contributed by atoms with E-state index < -0.39 is 6.04 Å². The van der Waals surface area contributed by atoms with Crippen molar-refractivity contribution in [1.29, 1.82) is 0 Å². The first-order valence-electron chi connectivity index (χ1n) is 6.68. The van der Waals surface area contributed by atoms with Gasteiger partial charge in [-0.15, -0.1) is 0 Å². The maximum atomic E-state index is 6.14. The molecule has 1 aliphatic rings. The molecule has 2 atom stereocenters. The minimum absolute atomic E-state index is 0.144. The number of nitrogens with zero attached hydrogens (tertiary/aromatic N) is 3. The number of benzene rings is 1. The number of ether oxygens (including phenoxy) is 1. The Morgan fingerprint density at radius 2 is 2.15 bits per heavy atom. The molecule has 0 spiro atoms. The second kappa shape index (κ2) is 5.70. The number of likely N-dealkylation sites (N-methyl/N-ethyl adjacent to an activating group) is 1. The van der Waals surface area contributed by atoms with Crippen LogP contribution in [0, 0.1) is 0 Å². The van der Waals surface area contributed by atoms with E-state index in [0.717, 1.165) is 18.7 Å². The average molecular weight is 274 g/mol. The molecule has 6 heteroatoms. The molecule has 0 aliphatic carbocycles. The fraction of sp³-hybridized carbons (Fsp3) is 0.429. The molecule has 1 unspecified atom stereocenters. The second-order valence-electron chi connectivity index (χ2n) is 5.00. The lowest BCUT2D eigenvalue weighted by molar-refractivity contribution is -0.0264. The van der Waals surface area contributed by atoms with E-state index in [4.69, 9.17) is 15.0 Å². The summed E-state index contributed by atoms with van der Waals surface area (Å²) in [5.41, 5.74) is 7.09. The lowest BCUT2D eigenvalue weighted by Gasteiger charge is -2.27. The third-order valence-electron chi connectivity index (χ3n) is 3.44. The van der Waals surface area contributed by atoms with Gasteiger partial charge in [0.15, 0.2) is 0 Å². The number of aromatic nitrogens is 2. The third-order valence-corrected chi connectivity index (χ3v) is 3.44. The highest BCUT2D eigenvalue weighted by molar-refractivity contribution is 5.23. The Morgan fingerprint density at radius 3 is 2.90 bits per heavy atom. The molecular weight excluding hydrogens is 256 g/mol. The lowest BCUT2D eigenvalue weighted by atomic mass is 10.1. The normalized spacial score (nSPS) is 21.8. The molecule has 106 valence electrons. The van der Waals surface area contributed by atoms with Crippen molar-refractivity contribution in [1.82, 2.24) is 15.0 Å². The van der Waals surface area contributed by atoms with Gasteiger partial charge in [-0.2, -0.15) is 4.98 Å². The van der Waals surface area contributed by atoms with Gasteiger partial charge < -0.3 is 19.9 Å². The molecule has 2 N–H and O–H groups in total. The van der Waals surface area contributed by atoms with Crippen LogP contribution < -0.4 is 5.73 Å². The minimum Gasteiger partial charge on any atom is -0.367 e. The van der Waals surface area contributed by atoms with Crippen LogP contribution in [0.5, 0.6) is 0 Å². The Bertz CT molecular complexity index is 557. The summed E-state index contributed by atoms with van der Waals surface area (Å²) in [4.78, 5) is 6.57. The van der Waals surface area contributed by atoms with E-state index in [9.17, 15) is 0 Å².